The van der Waals surface area contributed by atoms with Gasteiger partial charge in [0.25, 0.3) is 5.91 Å². The van der Waals surface area contributed by atoms with Crippen molar-refractivity contribution >= 4 is 46.5 Å². The maximum atomic E-state index is 12.3. The summed E-state index contributed by atoms with van der Waals surface area (Å²) in [6.07, 6.45) is 3.06. The van der Waals surface area contributed by atoms with Crippen LogP contribution in [-0.2, 0) is 6.54 Å². The van der Waals surface area contributed by atoms with Gasteiger partial charge in [-0.2, -0.15) is 5.10 Å². The number of halogens is 3. The first-order chi connectivity index (χ1) is 11.5. The van der Waals surface area contributed by atoms with Crippen molar-refractivity contribution in [2.24, 2.45) is 0 Å². The molecule has 0 atom stereocenters. The summed E-state index contributed by atoms with van der Waals surface area (Å²) in [5.74, 6) is 0.224. The Morgan fingerprint density at radius 2 is 1.96 bits per heavy atom. The van der Waals surface area contributed by atoms with Crippen LogP contribution >= 0.6 is 34.8 Å². The molecule has 0 unspecified atom stereocenters. The molecule has 122 valence electrons. The third-order valence-corrected chi connectivity index (χ3v) is 4.36. The largest absolute Gasteiger partial charge is 0.307 e. The Labute approximate surface area is 153 Å². The normalized spacial score (nSPS) is 10.6. The van der Waals surface area contributed by atoms with Crippen molar-refractivity contribution in [1.29, 1.82) is 0 Å². The molecule has 3 aromatic rings. The minimum Gasteiger partial charge on any atom is -0.307 e. The van der Waals surface area contributed by atoms with Gasteiger partial charge in [-0.15, -0.1) is 0 Å². The third-order valence-electron chi connectivity index (χ3n) is 3.30. The van der Waals surface area contributed by atoms with Crippen molar-refractivity contribution in [1.82, 2.24) is 14.8 Å². The second-order valence-electron chi connectivity index (χ2n) is 4.91. The van der Waals surface area contributed by atoms with E-state index in [1.165, 1.54) is 12.3 Å². The Morgan fingerprint density at radius 1 is 1.12 bits per heavy atom. The van der Waals surface area contributed by atoms with E-state index in [9.17, 15) is 4.79 Å². The molecule has 2 aromatic heterocycles. The van der Waals surface area contributed by atoms with Crippen LogP contribution in [0, 0.1) is 0 Å². The molecule has 0 aliphatic carbocycles. The highest BCUT2D eigenvalue weighted by Gasteiger charge is 2.12. The van der Waals surface area contributed by atoms with Crippen LogP contribution in [0.4, 0.5) is 5.82 Å². The summed E-state index contributed by atoms with van der Waals surface area (Å²) in [6, 6.07) is 10.1. The fourth-order valence-corrected chi connectivity index (χ4v) is 2.68. The number of amides is 1. The number of hydrogen-bond donors (Lipinski definition) is 1. The van der Waals surface area contributed by atoms with E-state index in [4.69, 9.17) is 34.8 Å². The molecule has 3 rings (SSSR count). The van der Waals surface area contributed by atoms with Crippen molar-refractivity contribution in [3.63, 3.8) is 0 Å². The van der Waals surface area contributed by atoms with Crippen LogP contribution < -0.4 is 5.32 Å². The van der Waals surface area contributed by atoms with Gasteiger partial charge in [-0.1, -0.05) is 46.9 Å². The Balaban J connectivity index is 1.80. The van der Waals surface area contributed by atoms with E-state index >= 15 is 0 Å². The lowest BCUT2D eigenvalue weighted by Gasteiger charge is -2.11. The van der Waals surface area contributed by atoms with E-state index in [0.717, 1.165) is 5.56 Å². The van der Waals surface area contributed by atoms with Crippen LogP contribution in [-0.4, -0.2) is 20.7 Å². The molecule has 0 saturated carbocycles. The number of pyridine rings is 1. The van der Waals surface area contributed by atoms with Gasteiger partial charge < -0.3 is 5.32 Å². The second-order valence-corrected chi connectivity index (χ2v) is 6.08. The standard InChI is InChI=1S/C16H11Cl3N4O/c17-12-3-1-2-11(15(12)19)9-23-14(5-7-21-23)22-16(24)10-4-6-20-13(18)8-10/h1-8H,9H2,(H,22,24). The Morgan fingerprint density at radius 3 is 2.75 bits per heavy atom. The molecule has 0 saturated heterocycles. The average Bonchev–Trinajstić information content (AvgIpc) is 2.99. The van der Waals surface area contributed by atoms with Crippen molar-refractivity contribution in [3.8, 4) is 0 Å². The smallest absolute Gasteiger partial charge is 0.256 e. The lowest BCUT2D eigenvalue weighted by molar-refractivity contribution is 0.102. The predicted octanol–water partition coefficient (Wildman–Crippen LogP) is 4.54. The first kappa shape index (κ1) is 16.8. The van der Waals surface area contributed by atoms with Gasteiger partial charge in [0.05, 0.1) is 22.8 Å². The van der Waals surface area contributed by atoms with Gasteiger partial charge in [0.1, 0.15) is 11.0 Å². The number of nitrogens with zero attached hydrogens (tertiary/aromatic N) is 3. The summed E-state index contributed by atoms with van der Waals surface area (Å²) in [7, 11) is 0. The highest BCUT2D eigenvalue weighted by molar-refractivity contribution is 6.42. The summed E-state index contributed by atoms with van der Waals surface area (Å²) >= 11 is 18.0. The SMILES string of the molecule is O=C(Nc1ccnn1Cc1cccc(Cl)c1Cl)c1ccnc(Cl)c1. The zero-order valence-corrected chi connectivity index (χ0v) is 14.5. The van der Waals surface area contributed by atoms with E-state index in [1.54, 1.807) is 29.1 Å². The molecule has 0 bridgehead atoms. The Bertz CT molecular complexity index is 895. The molecular weight excluding hydrogens is 371 g/mol. The summed E-state index contributed by atoms with van der Waals surface area (Å²) < 4.78 is 1.62. The third kappa shape index (κ3) is 3.70. The van der Waals surface area contributed by atoms with Crippen LogP contribution in [0.15, 0.2) is 48.8 Å². The van der Waals surface area contributed by atoms with E-state index in [-0.39, 0.29) is 11.1 Å². The monoisotopic (exact) mass is 380 g/mol. The maximum Gasteiger partial charge on any atom is 0.256 e. The molecule has 0 aliphatic rings. The molecule has 2 heterocycles. The van der Waals surface area contributed by atoms with Gasteiger partial charge in [-0.05, 0) is 23.8 Å². The molecule has 1 amide bonds. The molecule has 24 heavy (non-hydrogen) atoms. The highest BCUT2D eigenvalue weighted by Crippen LogP contribution is 2.26. The van der Waals surface area contributed by atoms with Crippen LogP contribution in [0.25, 0.3) is 0 Å². The average molecular weight is 382 g/mol. The molecule has 8 heteroatoms. The minimum absolute atomic E-state index is 0.252. The lowest BCUT2D eigenvalue weighted by Crippen LogP contribution is -2.16. The first-order valence-corrected chi connectivity index (χ1v) is 8.05. The minimum atomic E-state index is -0.307. The summed E-state index contributed by atoms with van der Waals surface area (Å²) in [4.78, 5) is 16.2. The van der Waals surface area contributed by atoms with E-state index < -0.39 is 0 Å². The Kier molecular flexibility index (Phi) is 5.04. The molecule has 5 nitrogen and oxygen atoms in total. The number of aromatic nitrogens is 3. The van der Waals surface area contributed by atoms with Crippen molar-refractivity contribution in [2.45, 2.75) is 6.54 Å². The number of hydrogen-bond acceptors (Lipinski definition) is 3. The van der Waals surface area contributed by atoms with Gasteiger partial charge in [-0.3, -0.25) is 4.79 Å². The van der Waals surface area contributed by atoms with Gasteiger partial charge in [-0.25, -0.2) is 9.67 Å². The summed E-state index contributed by atoms with van der Waals surface area (Å²) in [5, 5.41) is 8.18. The topological polar surface area (TPSA) is 59.8 Å². The molecule has 0 aliphatic heterocycles. The van der Waals surface area contributed by atoms with Gasteiger partial charge in [0.15, 0.2) is 0 Å². The first-order valence-electron chi connectivity index (χ1n) is 6.92. The van der Waals surface area contributed by atoms with Crippen LogP contribution in [0.3, 0.4) is 0 Å². The van der Waals surface area contributed by atoms with E-state index in [0.29, 0.717) is 28.0 Å². The number of anilines is 1. The molecule has 1 N–H and O–H groups in total. The van der Waals surface area contributed by atoms with Crippen molar-refractivity contribution in [3.05, 3.63) is 75.1 Å². The van der Waals surface area contributed by atoms with Crippen LogP contribution in [0.5, 0.6) is 0 Å². The maximum absolute atomic E-state index is 12.3. The number of rotatable bonds is 4. The zero-order valence-electron chi connectivity index (χ0n) is 12.2. The quantitative estimate of drug-likeness (QED) is 0.675. The number of carbonyl (C=O) groups is 1. The van der Waals surface area contributed by atoms with Gasteiger partial charge in [0, 0.05) is 17.8 Å². The van der Waals surface area contributed by atoms with Gasteiger partial charge >= 0.3 is 0 Å². The lowest BCUT2D eigenvalue weighted by atomic mass is 10.2. The van der Waals surface area contributed by atoms with Crippen molar-refractivity contribution < 1.29 is 4.79 Å². The molecule has 0 radical (unpaired) electrons. The number of carbonyl (C=O) groups excluding carboxylic acids is 1. The van der Waals surface area contributed by atoms with Crippen LogP contribution in [0.2, 0.25) is 15.2 Å². The fourth-order valence-electron chi connectivity index (χ4n) is 2.13. The van der Waals surface area contributed by atoms with E-state index in [1.807, 2.05) is 12.1 Å². The molecular formula is C16H11Cl3N4O. The van der Waals surface area contributed by atoms with E-state index in [2.05, 4.69) is 15.4 Å². The second kappa shape index (κ2) is 7.21. The van der Waals surface area contributed by atoms with Crippen molar-refractivity contribution in [2.75, 3.05) is 5.32 Å². The Hall–Kier alpha value is -2.08. The summed E-state index contributed by atoms with van der Waals surface area (Å²) in [5.41, 5.74) is 1.21. The van der Waals surface area contributed by atoms with Crippen LogP contribution in [0.1, 0.15) is 15.9 Å². The summed E-state index contributed by atoms with van der Waals surface area (Å²) in [6.45, 7) is 0.374. The molecule has 0 spiro atoms. The number of nitrogens with one attached hydrogen (secondary N) is 1. The number of benzene rings is 1. The zero-order chi connectivity index (χ0) is 17.1. The highest BCUT2D eigenvalue weighted by atomic mass is 35.5. The predicted molar refractivity (Wildman–Crippen MR) is 95.0 cm³/mol. The molecule has 1 aromatic carbocycles. The van der Waals surface area contributed by atoms with Gasteiger partial charge in [0.2, 0.25) is 0 Å². The molecule has 0 fully saturated rings. The fraction of sp³-hybridized carbons (Fsp3) is 0.0625.